The lowest BCUT2D eigenvalue weighted by Gasteiger charge is -2.07. The first-order valence-electron chi connectivity index (χ1n) is 9.62. The highest BCUT2D eigenvalue weighted by Crippen LogP contribution is 2.17. The van der Waals surface area contributed by atoms with Gasteiger partial charge in [-0.2, -0.15) is 5.10 Å². The van der Waals surface area contributed by atoms with Crippen LogP contribution < -0.4 is 10.1 Å². The zero-order valence-corrected chi connectivity index (χ0v) is 17.2. The van der Waals surface area contributed by atoms with Gasteiger partial charge in [-0.1, -0.05) is 35.9 Å². The number of ether oxygens (including phenoxy) is 1. The van der Waals surface area contributed by atoms with Gasteiger partial charge in [-0.15, -0.1) is 0 Å². The first kappa shape index (κ1) is 20.6. The minimum atomic E-state index is -0.291. The molecule has 0 fully saturated rings. The summed E-state index contributed by atoms with van der Waals surface area (Å²) in [5, 5.41) is 7.74. The average Bonchev–Trinajstić information content (AvgIpc) is 3.20. The third kappa shape index (κ3) is 5.71. The number of anilines is 1. The fourth-order valence-electron chi connectivity index (χ4n) is 2.98. The topological polar surface area (TPSA) is 56.2 Å². The summed E-state index contributed by atoms with van der Waals surface area (Å²) in [7, 11) is 0. The molecule has 0 radical (unpaired) electrons. The quantitative estimate of drug-likeness (QED) is 0.413. The van der Waals surface area contributed by atoms with Crippen molar-refractivity contribution in [2.45, 2.75) is 13.2 Å². The van der Waals surface area contributed by atoms with Gasteiger partial charge < -0.3 is 10.1 Å². The molecule has 0 bridgehead atoms. The third-order valence-corrected chi connectivity index (χ3v) is 4.80. The Balaban J connectivity index is 1.32. The van der Waals surface area contributed by atoms with Gasteiger partial charge in [-0.25, -0.2) is 4.39 Å². The number of hydrogen-bond acceptors (Lipinski definition) is 3. The smallest absolute Gasteiger partial charge is 0.256 e. The highest BCUT2D eigenvalue weighted by Gasteiger charge is 2.09. The fraction of sp³-hybridized carbons (Fsp3) is 0.0833. The minimum absolute atomic E-state index is 0.263. The first-order chi connectivity index (χ1) is 15.0. The van der Waals surface area contributed by atoms with E-state index in [1.54, 1.807) is 59.4 Å². The Bertz CT molecular complexity index is 1170. The molecule has 1 aromatic heterocycles. The van der Waals surface area contributed by atoms with Crippen molar-refractivity contribution >= 4 is 23.3 Å². The highest BCUT2D eigenvalue weighted by atomic mass is 35.5. The van der Waals surface area contributed by atoms with Gasteiger partial charge in [-0.3, -0.25) is 9.48 Å². The van der Waals surface area contributed by atoms with Gasteiger partial charge in [0.2, 0.25) is 0 Å². The molecule has 156 valence electrons. The summed E-state index contributed by atoms with van der Waals surface area (Å²) in [6.45, 7) is 0.796. The van der Waals surface area contributed by atoms with Crippen LogP contribution in [0.15, 0.2) is 85.1 Å². The number of amides is 1. The van der Waals surface area contributed by atoms with E-state index in [-0.39, 0.29) is 11.7 Å². The molecule has 0 spiro atoms. The zero-order chi connectivity index (χ0) is 21.6. The van der Waals surface area contributed by atoms with E-state index in [0.717, 1.165) is 16.9 Å². The molecule has 0 aliphatic heterocycles. The predicted octanol–water partition coefficient (Wildman–Crippen LogP) is 5.56. The van der Waals surface area contributed by atoms with Crippen molar-refractivity contribution in [1.29, 1.82) is 0 Å². The van der Waals surface area contributed by atoms with Gasteiger partial charge in [0.1, 0.15) is 18.2 Å². The van der Waals surface area contributed by atoms with E-state index in [4.69, 9.17) is 16.3 Å². The number of carbonyl (C=O) groups is 1. The van der Waals surface area contributed by atoms with Crippen molar-refractivity contribution in [3.63, 3.8) is 0 Å². The minimum Gasteiger partial charge on any atom is -0.489 e. The number of benzene rings is 3. The van der Waals surface area contributed by atoms with Crippen LogP contribution >= 0.6 is 11.6 Å². The molecular weight excluding hydrogens is 417 g/mol. The number of rotatable bonds is 7. The van der Waals surface area contributed by atoms with Crippen LogP contribution in [0.25, 0.3) is 0 Å². The second-order valence-corrected chi connectivity index (χ2v) is 7.36. The van der Waals surface area contributed by atoms with Gasteiger partial charge in [0.15, 0.2) is 5.82 Å². The molecule has 3 aromatic carbocycles. The summed E-state index contributed by atoms with van der Waals surface area (Å²) in [6, 6.07) is 22.3. The molecule has 1 heterocycles. The van der Waals surface area contributed by atoms with Gasteiger partial charge in [0.05, 0.1) is 6.54 Å². The second kappa shape index (κ2) is 9.45. The van der Waals surface area contributed by atoms with Crippen LogP contribution in [0.2, 0.25) is 5.02 Å². The number of carbonyl (C=O) groups excluding carboxylic acids is 1. The van der Waals surface area contributed by atoms with E-state index in [1.807, 2.05) is 18.2 Å². The van der Waals surface area contributed by atoms with E-state index in [0.29, 0.717) is 29.6 Å². The van der Waals surface area contributed by atoms with Crippen LogP contribution in [0.5, 0.6) is 5.75 Å². The van der Waals surface area contributed by atoms with Gasteiger partial charge in [0.25, 0.3) is 5.91 Å². The molecule has 5 nitrogen and oxygen atoms in total. The molecular formula is C24H19ClFN3O2. The zero-order valence-electron chi connectivity index (χ0n) is 16.5. The van der Waals surface area contributed by atoms with Crippen molar-refractivity contribution in [2.75, 3.05) is 5.32 Å². The maximum atomic E-state index is 13.3. The van der Waals surface area contributed by atoms with Crippen molar-refractivity contribution < 1.29 is 13.9 Å². The molecule has 0 saturated heterocycles. The molecule has 4 rings (SSSR count). The summed E-state index contributed by atoms with van der Waals surface area (Å²) in [4.78, 5) is 12.5. The molecule has 0 saturated carbocycles. The molecule has 1 N–H and O–H groups in total. The van der Waals surface area contributed by atoms with Gasteiger partial charge >= 0.3 is 0 Å². The molecule has 0 atom stereocenters. The van der Waals surface area contributed by atoms with Crippen molar-refractivity contribution in [3.8, 4) is 5.75 Å². The molecule has 1 amide bonds. The number of nitrogens with one attached hydrogen (secondary N) is 1. The van der Waals surface area contributed by atoms with Crippen molar-refractivity contribution in [3.05, 3.63) is 113 Å². The monoisotopic (exact) mass is 435 g/mol. The fourth-order valence-corrected chi connectivity index (χ4v) is 3.10. The molecule has 0 aliphatic carbocycles. The van der Waals surface area contributed by atoms with Crippen LogP contribution in [0.4, 0.5) is 10.2 Å². The molecule has 4 aromatic rings. The summed E-state index contributed by atoms with van der Waals surface area (Å²) in [6.07, 6.45) is 1.73. The molecule has 31 heavy (non-hydrogen) atoms. The molecule has 7 heteroatoms. The van der Waals surface area contributed by atoms with Crippen LogP contribution in [0, 0.1) is 5.82 Å². The molecule has 0 unspecified atom stereocenters. The SMILES string of the molecule is O=C(Nc1ccn(Cc2cccc(F)c2)n1)c1ccc(COc2ccc(Cl)cc2)cc1. The van der Waals surface area contributed by atoms with Crippen molar-refractivity contribution in [2.24, 2.45) is 0 Å². The Hall–Kier alpha value is -3.64. The van der Waals surface area contributed by atoms with Crippen LogP contribution in [0.3, 0.4) is 0 Å². The average molecular weight is 436 g/mol. The lowest BCUT2D eigenvalue weighted by molar-refractivity contribution is 0.102. The van der Waals surface area contributed by atoms with Crippen LogP contribution in [-0.4, -0.2) is 15.7 Å². The Morgan fingerprint density at radius 2 is 1.77 bits per heavy atom. The Kier molecular flexibility index (Phi) is 6.29. The van der Waals surface area contributed by atoms with Crippen molar-refractivity contribution in [1.82, 2.24) is 9.78 Å². The second-order valence-electron chi connectivity index (χ2n) is 6.92. The lowest BCUT2D eigenvalue weighted by Crippen LogP contribution is -2.13. The molecule has 0 aliphatic rings. The maximum absolute atomic E-state index is 13.3. The van der Waals surface area contributed by atoms with Gasteiger partial charge in [0, 0.05) is 22.8 Å². The predicted molar refractivity (Wildman–Crippen MR) is 118 cm³/mol. The van der Waals surface area contributed by atoms with E-state index < -0.39 is 0 Å². The summed E-state index contributed by atoms with van der Waals surface area (Å²) >= 11 is 5.86. The first-order valence-corrected chi connectivity index (χ1v) is 9.99. The summed E-state index contributed by atoms with van der Waals surface area (Å²) in [5.74, 6) is 0.595. The largest absolute Gasteiger partial charge is 0.489 e. The summed E-state index contributed by atoms with van der Waals surface area (Å²) < 4.78 is 20.7. The standard InChI is InChI=1S/C24H19ClFN3O2/c25-20-8-10-22(11-9-20)31-16-17-4-6-19(7-5-17)24(30)27-23-12-13-29(28-23)15-18-2-1-3-21(26)14-18/h1-14H,15-16H2,(H,27,28,30). The van der Waals surface area contributed by atoms with Crippen LogP contribution in [0.1, 0.15) is 21.5 Å². The van der Waals surface area contributed by atoms with E-state index in [9.17, 15) is 9.18 Å². The maximum Gasteiger partial charge on any atom is 0.256 e. The Morgan fingerprint density at radius 1 is 1.00 bits per heavy atom. The number of aromatic nitrogens is 2. The Labute approximate surface area is 184 Å². The van der Waals surface area contributed by atoms with Crippen LogP contribution in [-0.2, 0) is 13.2 Å². The van der Waals surface area contributed by atoms with E-state index in [1.165, 1.54) is 12.1 Å². The Morgan fingerprint density at radius 3 is 2.52 bits per heavy atom. The number of nitrogens with zero attached hydrogens (tertiary/aromatic N) is 2. The number of halogens is 2. The van der Waals surface area contributed by atoms with Gasteiger partial charge in [-0.05, 0) is 59.7 Å². The lowest BCUT2D eigenvalue weighted by atomic mass is 10.1. The summed E-state index contributed by atoms with van der Waals surface area (Å²) in [5.41, 5.74) is 2.23. The van der Waals surface area contributed by atoms with E-state index >= 15 is 0 Å². The normalized spacial score (nSPS) is 10.6. The third-order valence-electron chi connectivity index (χ3n) is 4.55. The number of hydrogen-bond donors (Lipinski definition) is 1. The van der Waals surface area contributed by atoms with E-state index in [2.05, 4.69) is 10.4 Å². The highest BCUT2D eigenvalue weighted by molar-refractivity contribution is 6.30.